The number of halogens is 1. The third-order valence-corrected chi connectivity index (χ3v) is 3.57. The Kier molecular flexibility index (Phi) is 9.76. The molecule has 0 saturated carbocycles. The summed E-state index contributed by atoms with van der Waals surface area (Å²) in [6.45, 7) is 2.94. The molecule has 22 heavy (non-hydrogen) atoms. The Labute approximate surface area is 138 Å². The van der Waals surface area contributed by atoms with Crippen molar-refractivity contribution in [3.8, 4) is 0 Å². The van der Waals surface area contributed by atoms with Crippen molar-refractivity contribution in [3.05, 3.63) is 0 Å². The first-order valence-electron chi connectivity index (χ1n) is 7.54. The molecule has 1 aliphatic rings. The summed E-state index contributed by atoms with van der Waals surface area (Å²) in [6, 6.07) is -0.276. The zero-order chi connectivity index (χ0) is 15.8. The molecule has 1 heterocycles. The molecule has 1 fully saturated rings. The fraction of sp³-hybridized carbons (Fsp3) is 0.786. The molecule has 0 aromatic heterocycles. The zero-order valence-corrected chi connectivity index (χ0v) is 14.2. The Morgan fingerprint density at radius 3 is 2.55 bits per heavy atom. The number of rotatable bonds is 9. The van der Waals surface area contributed by atoms with Gasteiger partial charge in [-0.25, -0.2) is 4.79 Å². The summed E-state index contributed by atoms with van der Waals surface area (Å²) in [6.07, 6.45) is 3.75. The Balaban J connectivity index is 0.00000441. The number of amides is 4. The Morgan fingerprint density at radius 2 is 2.05 bits per heavy atom. The fourth-order valence-electron chi connectivity index (χ4n) is 2.29. The first-order chi connectivity index (χ1) is 9.99. The van der Waals surface area contributed by atoms with Crippen molar-refractivity contribution < 1.29 is 14.4 Å². The van der Waals surface area contributed by atoms with Gasteiger partial charge in [-0.05, 0) is 12.8 Å². The summed E-state index contributed by atoms with van der Waals surface area (Å²) in [4.78, 5) is 37.6. The summed E-state index contributed by atoms with van der Waals surface area (Å²) >= 11 is 0. The van der Waals surface area contributed by atoms with Crippen molar-refractivity contribution in [1.29, 1.82) is 0 Å². The molecule has 1 aliphatic heterocycles. The van der Waals surface area contributed by atoms with Gasteiger partial charge < -0.3 is 16.0 Å². The van der Waals surface area contributed by atoms with E-state index in [-0.39, 0.29) is 49.4 Å². The number of carbonyl (C=O) groups is 3. The van der Waals surface area contributed by atoms with Gasteiger partial charge in [0.15, 0.2) is 0 Å². The number of unbranched alkanes of at least 4 members (excludes halogenated alkanes) is 1. The molecular weight excluding hydrogens is 308 g/mol. The van der Waals surface area contributed by atoms with E-state index in [9.17, 15) is 14.4 Å². The lowest BCUT2D eigenvalue weighted by Gasteiger charge is -2.17. The standard InChI is InChI=1S/C14H26N4O3.ClH/c1-3-4-6-11(9-15)16-12(19)7-5-8-18-13(20)10-17(2)14(18)21;/h11H,3-10,15H2,1-2H3,(H,16,19);1H. The number of imide groups is 1. The third-order valence-electron chi connectivity index (χ3n) is 3.57. The van der Waals surface area contributed by atoms with Crippen LogP contribution in [0.3, 0.4) is 0 Å². The van der Waals surface area contributed by atoms with Crippen LogP contribution in [-0.2, 0) is 9.59 Å². The van der Waals surface area contributed by atoms with Crippen LogP contribution >= 0.6 is 12.4 Å². The Bertz CT molecular complexity index is 392. The van der Waals surface area contributed by atoms with Gasteiger partial charge in [0.1, 0.15) is 6.54 Å². The molecule has 1 unspecified atom stereocenters. The number of urea groups is 1. The van der Waals surface area contributed by atoms with E-state index in [1.54, 1.807) is 7.05 Å². The van der Waals surface area contributed by atoms with Crippen LogP contribution in [0.15, 0.2) is 0 Å². The van der Waals surface area contributed by atoms with Crippen molar-refractivity contribution in [2.24, 2.45) is 5.73 Å². The second-order valence-corrected chi connectivity index (χ2v) is 5.43. The molecular formula is C14H27ClN4O3. The van der Waals surface area contributed by atoms with Crippen LogP contribution in [0.1, 0.15) is 39.0 Å². The van der Waals surface area contributed by atoms with E-state index in [2.05, 4.69) is 12.2 Å². The van der Waals surface area contributed by atoms with Gasteiger partial charge in [-0.3, -0.25) is 14.5 Å². The smallest absolute Gasteiger partial charge is 0.326 e. The Hall–Kier alpha value is -1.34. The van der Waals surface area contributed by atoms with Crippen LogP contribution in [0.5, 0.6) is 0 Å². The summed E-state index contributed by atoms with van der Waals surface area (Å²) in [5, 5.41) is 2.90. The SMILES string of the molecule is CCCCC(CN)NC(=O)CCCN1C(=O)CN(C)C1=O.Cl. The van der Waals surface area contributed by atoms with Crippen LogP contribution < -0.4 is 11.1 Å². The lowest BCUT2D eigenvalue weighted by Crippen LogP contribution is -2.40. The number of nitrogens with two attached hydrogens (primary N) is 1. The molecule has 0 aromatic rings. The molecule has 1 saturated heterocycles. The van der Waals surface area contributed by atoms with E-state index >= 15 is 0 Å². The van der Waals surface area contributed by atoms with E-state index in [1.807, 2.05) is 0 Å². The molecule has 7 nitrogen and oxygen atoms in total. The highest BCUT2D eigenvalue weighted by Gasteiger charge is 2.32. The van der Waals surface area contributed by atoms with E-state index in [0.717, 1.165) is 19.3 Å². The molecule has 0 aliphatic carbocycles. The minimum absolute atomic E-state index is 0. The molecule has 0 aromatic carbocycles. The molecule has 0 radical (unpaired) electrons. The number of likely N-dealkylation sites (N-methyl/N-ethyl adjacent to an activating group) is 1. The Morgan fingerprint density at radius 1 is 1.36 bits per heavy atom. The predicted octanol–water partition coefficient (Wildman–Crippen LogP) is 0.716. The van der Waals surface area contributed by atoms with Crippen molar-refractivity contribution in [1.82, 2.24) is 15.1 Å². The van der Waals surface area contributed by atoms with Gasteiger partial charge in [0, 0.05) is 32.6 Å². The average Bonchev–Trinajstić information content (AvgIpc) is 2.69. The maximum atomic E-state index is 11.8. The first kappa shape index (κ1) is 20.7. The summed E-state index contributed by atoms with van der Waals surface area (Å²) in [5.41, 5.74) is 5.62. The highest BCUT2D eigenvalue weighted by atomic mass is 35.5. The average molecular weight is 335 g/mol. The van der Waals surface area contributed by atoms with Gasteiger partial charge in [0.05, 0.1) is 0 Å². The van der Waals surface area contributed by atoms with Crippen LogP contribution in [-0.4, -0.2) is 60.4 Å². The van der Waals surface area contributed by atoms with E-state index in [0.29, 0.717) is 19.4 Å². The molecule has 8 heteroatoms. The lowest BCUT2D eigenvalue weighted by molar-refractivity contribution is -0.126. The first-order valence-corrected chi connectivity index (χ1v) is 7.54. The largest absolute Gasteiger partial charge is 0.352 e. The third kappa shape index (κ3) is 6.19. The fourth-order valence-corrected chi connectivity index (χ4v) is 2.29. The molecule has 128 valence electrons. The molecule has 0 spiro atoms. The summed E-state index contributed by atoms with van der Waals surface area (Å²) in [5.74, 6) is -0.278. The topological polar surface area (TPSA) is 95.7 Å². The maximum absolute atomic E-state index is 11.8. The van der Waals surface area contributed by atoms with Crippen molar-refractivity contribution >= 4 is 30.3 Å². The van der Waals surface area contributed by atoms with Gasteiger partial charge in [-0.15, -0.1) is 12.4 Å². The van der Waals surface area contributed by atoms with Gasteiger partial charge >= 0.3 is 6.03 Å². The van der Waals surface area contributed by atoms with Gasteiger partial charge in [0.2, 0.25) is 11.8 Å². The second-order valence-electron chi connectivity index (χ2n) is 5.43. The molecule has 4 amide bonds. The van der Waals surface area contributed by atoms with E-state index in [4.69, 9.17) is 5.73 Å². The van der Waals surface area contributed by atoms with E-state index in [1.165, 1.54) is 9.80 Å². The highest BCUT2D eigenvalue weighted by molar-refractivity contribution is 6.01. The summed E-state index contributed by atoms with van der Waals surface area (Å²) in [7, 11) is 1.59. The molecule has 3 N–H and O–H groups in total. The number of nitrogens with one attached hydrogen (secondary N) is 1. The number of hydrogen-bond donors (Lipinski definition) is 2. The number of hydrogen-bond acceptors (Lipinski definition) is 4. The van der Waals surface area contributed by atoms with E-state index < -0.39 is 0 Å². The van der Waals surface area contributed by atoms with Crippen molar-refractivity contribution in [2.75, 3.05) is 26.7 Å². The van der Waals surface area contributed by atoms with Crippen LogP contribution in [0.25, 0.3) is 0 Å². The van der Waals surface area contributed by atoms with Gasteiger partial charge in [-0.2, -0.15) is 0 Å². The quantitative estimate of drug-likeness (QED) is 0.607. The molecule has 1 atom stereocenters. The molecule has 0 bridgehead atoms. The van der Waals surface area contributed by atoms with Gasteiger partial charge in [-0.1, -0.05) is 19.8 Å². The minimum Gasteiger partial charge on any atom is -0.352 e. The summed E-state index contributed by atoms with van der Waals surface area (Å²) < 4.78 is 0. The number of carbonyl (C=O) groups excluding carboxylic acids is 3. The van der Waals surface area contributed by atoms with Crippen molar-refractivity contribution in [2.45, 2.75) is 45.1 Å². The highest BCUT2D eigenvalue weighted by Crippen LogP contribution is 2.09. The maximum Gasteiger partial charge on any atom is 0.326 e. The normalized spacial score (nSPS) is 15.8. The minimum atomic E-state index is -0.289. The predicted molar refractivity (Wildman–Crippen MR) is 86.7 cm³/mol. The zero-order valence-electron chi connectivity index (χ0n) is 13.3. The van der Waals surface area contributed by atoms with Crippen LogP contribution in [0, 0.1) is 0 Å². The van der Waals surface area contributed by atoms with Gasteiger partial charge in [0.25, 0.3) is 0 Å². The van der Waals surface area contributed by atoms with Crippen LogP contribution in [0.2, 0.25) is 0 Å². The van der Waals surface area contributed by atoms with Crippen molar-refractivity contribution in [3.63, 3.8) is 0 Å². The monoisotopic (exact) mass is 334 g/mol. The second kappa shape index (κ2) is 10.4. The lowest BCUT2D eigenvalue weighted by atomic mass is 10.1. The van der Waals surface area contributed by atoms with Crippen LogP contribution in [0.4, 0.5) is 4.79 Å². The molecule has 1 rings (SSSR count). The number of nitrogens with zero attached hydrogens (tertiary/aromatic N) is 2.